The van der Waals surface area contributed by atoms with Gasteiger partial charge in [-0.2, -0.15) is 5.10 Å². The average Bonchev–Trinajstić information content (AvgIpc) is 3.16. The average molecular weight is 384 g/mol. The molecule has 0 aromatic carbocycles. The second-order valence-corrected chi connectivity index (χ2v) is 5.97. The number of rotatable bonds is 4. The van der Waals surface area contributed by atoms with Crippen LogP contribution in [-0.2, 0) is 16.1 Å². The van der Waals surface area contributed by atoms with E-state index in [-0.39, 0.29) is 18.9 Å². The molecule has 1 atom stereocenters. The summed E-state index contributed by atoms with van der Waals surface area (Å²) in [5.41, 5.74) is 0. The third-order valence-corrected chi connectivity index (χ3v) is 3.88. The van der Waals surface area contributed by atoms with Crippen LogP contribution in [0, 0.1) is 0 Å². The number of aromatic nitrogens is 2. The number of carboxylic acid groups (broad SMARTS) is 1. The monoisotopic (exact) mass is 383 g/mol. The van der Waals surface area contributed by atoms with Crippen molar-refractivity contribution >= 4 is 27.8 Å². The lowest BCUT2D eigenvalue weighted by atomic mass is 10.2. The van der Waals surface area contributed by atoms with E-state index in [2.05, 4.69) is 21.0 Å². The molecule has 0 unspecified atom stereocenters. The fourth-order valence-corrected chi connectivity index (χ4v) is 2.68. The van der Waals surface area contributed by atoms with Crippen LogP contribution in [0.15, 0.2) is 33.4 Å². The number of aliphatic carboxylic acids is 1. The Hall–Kier alpha value is -2.13. The highest BCUT2D eigenvalue weighted by Gasteiger charge is 2.34. The Balaban J connectivity index is 1.73. The van der Waals surface area contributed by atoms with Crippen molar-refractivity contribution in [3.05, 3.63) is 40.5 Å². The van der Waals surface area contributed by atoms with Crippen molar-refractivity contribution in [1.29, 1.82) is 0 Å². The quantitative estimate of drug-likeness (QED) is 0.851. The molecule has 0 bridgehead atoms. The normalized spacial score (nSPS) is 18.1. The van der Waals surface area contributed by atoms with Crippen molar-refractivity contribution in [3.8, 4) is 0 Å². The van der Waals surface area contributed by atoms with E-state index in [1.165, 1.54) is 4.90 Å². The molecule has 0 radical (unpaired) electrons. The van der Waals surface area contributed by atoms with Gasteiger partial charge in [-0.3, -0.25) is 9.48 Å². The third kappa shape index (κ3) is 3.45. The first-order chi connectivity index (χ1) is 11.0. The van der Waals surface area contributed by atoms with E-state index in [0.29, 0.717) is 18.9 Å². The Morgan fingerprint density at radius 3 is 2.96 bits per heavy atom. The molecule has 8 nitrogen and oxygen atoms in total. The summed E-state index contributed by atoms with van der Waals surface area (Å²) in [6, 6.07) is 2.23. The van der Waals surface area contributed by atoms with Crippen LogP contribution in [0.4, 0.5) is 0 Å². The molecule has 3 heterocycles. The predicted octanol–water partition coefficient (Wildman–Crippen LogP) is 1.21. The van der Waals surface area contributed by atoms with Crippen molar-refractivity contribution in [2.45, 2.75) is 12.6 Å². The summed E-state index contributed by atoms with van der Waals surface area (Å²) in [4.78, 5) is 25.0. The van der Waals surface area contributed by atoms with Crippen LogP contribution in [0.25, 0.3) is 0 Å². The maximum atomic E-state index is 12.5. The molecule has 0 spiro atoms. The lowest BCUT2D eigenvalue weighted by molar-refractivity contribution is -0.147. The second-order valence-electron chi connectivity index (χ2n) is 5.05. The zero-order valence-corrected chi connectivity index (χ0v) is 13.6. The fourth-order valence-electron chi connectivity index (χ4n) is 2.36. The van der Waals surface area contributed by atoms with Gasteiger partial charge in [0, 0.05) is 12.7 Å². The Morgan fingerprint density at radius 2 is 2.26 bits per heavy atom. The third-order valence-electron chi connectivity index (χ3n) is 3.47. The Kier molecular flexibility index (Phi) is 4.49. The lowest BCUT2D eigenvalue weighted by Crippen LogP contribution is -2.52. The zero-order valence-electron chi connectivity index (χ0n) is 12.0. The van der Waals surface area contributed by atoms with Crippen LogP contribution in [0.5, 0.6) is 0 Å². The molecule has 1 N–H and O–H groups in total. The molecule has 9 heteroatoms. The molecule has 1 saturated heterocycles. The van der Waals surface area contributed by atoms with Gasteiger partial charge in [0.1, 0.15) is 5.76 Å². The van der Waals surface area contributed by atoms with Gasteiger partial charge in [-0.1, -0.05) is 0 Å². The summed E-state index contributed by atoms with van der Waals surface area (Å²) < 4.78 is 13.2. The molecule has 1 fully saturated rings. The van der Waals surface area contributed by atoms with Gasteiger partial charge in [-0.25, -0.2) is 4.79 Å². The van der Waals surface area contributed by atoms with E-state index in [0.717, 1.165) is 4.47 Å². The number of amides is 1. The number of furan rings is 1. The SMILES string of the molecule is O=C(O)[C@H]1COCCN1C(=O)c1ccc(Cn2cc(Br)cn2)o1. The van der Waals surface area contributed by atoms with Crippen molar-refractivity contribution in [3.63, 3.8) is 0 Å². The first-order valence-corrected chi connectivity index (χ1v) is 7.72. The molecular formula is C14H14BrN3O5. The summed E-state index contributed by atoms with van der Waals surface area (Å²) in [6.07, 6.45) is 3.44. The smallest absolute Gasteiger partial charge is 0.328 e. The molecule has 3 rings (SSSR count). The van der Waals surface area contributed by atoms with E-state index < -0.39 is 17.9 Å². The van der Waals surface area contributed by atoms with Crippen LogP contribution in [0.1, 0.15) is 16.3 Å². The highest BCUT2D eigenvalue weighted by Crippen LogP contribution is 2.17. The topological polar surface area (TPSA) is 97.8 Å². The van der Waals surface area contributed by atoms with Crippen molar-refractivity contribution in [2.75, 3.05) is 19.8 Å². The molecule has 1 aliphatic heterocycles. The Labute approximate surface area is 139 Å². The van der Waals surface area contributed by atoms with Gasteiger partial charge in [0.2, 0.25) is 0 Å². The first kappa shape index (κ1) is 15.8. The summed E-state index contributed by atoms with van der Waals surface area (Å²) in [5, 5.41) is 13.3. The van der Waals surface area contributed by atoms with Gasteiger partial charge < -0.3 is 19.2 Å². The summed E-state index contributed by atoms with van der Waals surface area (Å²) in [6.45, 7) is 0.892. The molecule has 1 aliphatic rings. The molecule has 0 aliphatic carbocycles. The van der Waals surface area contributed by atoms with E-state index in [1.807, 2.05) is 0 Å². The van der Waals surface area contributed by atoms with Crippen molar-refractivity contribution in [1.82, 2.24) is 14.7 Å². The number of hydrogen-bond donors (Lipinski definition) is 1. The maximum absolute atomic E-state index is 12.5. The number of carbonyl (C=O) groups is 2. The van der Waals surface area contributed by atoms with E-state index in [1.54, 1.807) is 29.2 Å². The minimum Gasteiger partial charge on any atom is -0.480 e. The van der Waals surface area contributed by atoms with E-state index >= 15 is 0 Å². The minimum absolute atomic E-state index is 0.0179. The Morgan fingerprint density at radius 1 is 1.43 bits per heavy atom. The van der Waals surface area contributed by atoms with Crippen molar-refractivity contribution < 1.29 is 23.8 Å². The number of morpholine rings is 1. The molecular weight excluding hydrogens is 370 g/mol. The number of ether oxygens (including phenoxy) is 1. The van der Waals surface area contributed by atoms with Crippen LogP contribution in [0.3, 0.4) is 0 Å². The maximum Gasteiger partial charge on any atom is 0.328 e. The molecule has 0 saturated carbocycles. The predicted molar refractivity (Wildman–Crippen MR) is 81.0 cm³/mol. The number of halogens is 1. The number of hydrogen-bond acceptors (Lipinski definition) is 5. The van der Waals surface area contributed by atoms with E-state index in [4.69, 9.17) is 9.15 Å². The second kappa shape index (κ2) is 6.55. The highest BCUT2D eigenvalue weighted by molar-refractivity contribution is 9.10. The van der Waals surface area contributed by atoms with Crippen LogP contribution >= 0.6 is 15.9 Å². The van der Waals surface area contributed by atoms with Gasteiger partial charge in [0.15, 0.2) is 11.8 Å². The van der Waals surface area contributed by atoms with Gasteiger partial charge >= 0.3 is 5.97 Å². The Bertz CT molecular complexity index is 726. The summed E-state index contributed by atoms with van der Waals surface area (Å²) in [7, 11) is 0. The number of carboxylic acids is 1. The van der Waals surface area contributed by atoms with Gasteiger partial charge in [-0.15, -0.1) is 0 Å². The molecule has 2 aromatic rings. The number of carbonyl (C=O) groups excluding carboxylic acids is 1. The summed E-state index contributed by atoms with van der Waals surface area (Å²) >= 11 is 3.30. The molecule has 122 valence electrons. The highest BCUT2D eigenvalue weighted by atomic mass is 79.9. The molecule has 23 heavy (non-hydrogen) atoms. The van der Waals surface area contributed by atoms with Crippen molar-refractivity contribution in [2.24, 2.45) is 0 Å². The molecule has 2 aromatic heterocycles. The van der Waals surface area contributed by atoms with Crippen LogP contribution < -0.4 is 0 Å². The standard InChI is InChI=1S/C14H14BrN3O5/c15-9-5-16-17(6-9)7-10-1-2-12(23-10)13(19)18-3-4-22-8-11(18)14(20)21/h1-2,5-6,11H,3-4,7-8H2,(H,20,21)/t11-/m1/s1. The summed E-state index contributed by atoms with van der Waals surface area (Å²) in [5.74, 6) is -0.872. The van der Waals surface area contributed by atoms with Gasteiger partial charge in [0.25, 0.3) is 5.91 Å². The lowest BCUT2D eigenvalue weighted by Gasteiger charge is -2.32. The van der Waals surface area contributed by atoms with Gasteiger partial charge in [0.05, 0.1) is 30.4 Å². The molecule has 1 amide bonds. The largest absolute Gasteiger partial charge is 0.480 e. The van der Waals surface area contributed by atoms with Gasteiger partial charge in [-0.05, 0) is 28.1 Å². The minimum atomic E-state index is -1.09. The van der Waals surface area contributed by atoms with Crippen LogP contribution in [0.2, 0.25) is 0 Å². The fraction of sp³-hybridized carbons (Fsp3) is 0.357. The van der Waals surface area contributed by atoms with Crippen LogP contribution in [-0.4, -0.2) is 57.5 Å². The first-order valence-electron chi connectivity index (χ1n) is 6.93. The zero-order chi connectivity index (χ0) is 16.4. The van der Waals surface area contributed by atoms with E-state index in [9.17, 15) is 14.7 Å². The number of nitrogens with zero attached hydrogens (tertiary/aromatic N) is 3.